The van der Waals surface area contributed by atoms with Gasteiger partial charge in [-0.15, -0.1) is 21.5 Å². The molecule has 0 bridgehead atoms. The van der Waals surface area contributed by atoms with Crippen LogP contribution in [0.15, 0.2) is 35.7 Å². The topological polar surface area (TPSA) is 67.8 Å². The number of hydrogen-bond acceptors (Lipinski definition) is 6. The van der Waals surface area contributed by atoms with Crippen LogP contribution >= 0.6 is 22.7 Å². The van der Waals surface area contributed by atoms with Crippen LogP contribution in [0.25, 0.3) is 10.6 Å². The molecule has 1 amide bonds. The molecule has 112 valence electrons. The third-order valence-corrected chi connectivity index (χ3v) is 4.70. The van der Waals surface area contributed by atoms with Crippen molar-refractivity contribution in [3.05, 3.63) is 46.4 Å². The first kappa shape index (κ1) is 14.8. The molecule has 0 unspecified atom stereocenters. The molecule has 7 heteroatoms. The highest BCUT2D eigenvalue weighted by atomic mass is 32.1. The first-order valence-electron chi connectivity index (χ1n) is 6.91. The van der Waals surface area contributed by atoms with E-state index in [1.165, 1.54) is 22.7 Å². The number of rotatable bonds is 5. The van der Waals surface area contributed by atoms with Crippen LogP contribution in [-0.2, 0) is 6.42 Å². The van der Waals surface area contributed by atoms with Crippen LogP contribution in [-0.4, -0.2) is 21.1 Å². The number of carbonyl (C=O) groups excluding carboxylic acids is 1. The summed E-state index contributed by atoms with van der Waals surface area (Å²) in [5.74, 6) is -0.252. The van der Waals surface area contributed by atoms with Crippen molar-refractivity contribution in [2.24, 2.45) is 0 Å². The van der Waals surface area contributed by atoms with Gasteiger partial charge in [0.2, 0.25) is 5.13 Å². The van der Waals surface area contributed by atoms with E-state index in [1.54, 1.807) is 5.38 Å². The summed E-state index contributed by atoms with van der Waals surface area (Å²) in [7, 11) is 0. The number of aryl methyl sites for hydroxylation is 1. The lowest BCUT2D eigenvalue weighted by Crippen LogP contribution is -2.12. The van der Waals surface area contributed by atoms with Gasteiger partial charge in [-0.25, -0.2) is 4.98 Å². The minimum atomic E-state index is -0.252. The maximum Gasteiger partial charge on any atom is 0.276 e. The van der Waals surface area contributed by atoms with E-state index in [-0.39, 0.29) is 5.91 Å². The Morgan fingerprint density at radius 3 is 2.82 bits per heavy atom. The van der Waals surface area contributed by atoms with Gasteiger partial charge in [0, 0.05) is 17.4 Å². The standard InChI is InChI=1S/C15H14N4OS2/c1-2-6-12-18-19-15(22-12)17-13(20)11-9-21-14(16-11)10-7-4-3-5-8-10/h3-5,7-9H,2,6H2,1H3,(H,17,19,20). The normalized spacial score (nSPS) is 10.6. The number of hydrogen-bond donors (Lipinski definition) is 1. The number of thiazole rings is 1. The van der Waals surface area contributed by atoms with Crippen molar-refractivity contribution in [2.75, 3.05) is 5.32 Å². The lowest BCUT2D eigenvalue weighted by molar-refractivity contribution is 0.102. The highest BCUT2D eigenvalue weighted by Gasteiger charge is 2.14. The van der Waals surface area contributed by atoms with Crippen LogP contribution < -0.4 is 5.32 Å². The van der Waals surface area contributed by atoms with Crippen LogP contribution in [0, 0.1) is 0 Å². The van der Waals surface area contributed by atoms with Crippen molar-refractivity contribution in [3.63, 3.8) is 0 Å². The zero-order valence-electron chi connectivity index (χ0n) is 11.9. The van der Waals surface area contributed by atoms with Gasteiger partial charge in [0.1, 0.15) is 15.7 Å². The van der Waals surface area contributed by atoms with Gasteiger partial charge in [-0.3, -0.25) is 10.1 Å². The number of amides is 1. The van der Waals surface area contributed by atoms with Gasteiger partial charge in [0.15, 0.2) is 0 Å². The van der Waals surface area contributed by atoms with E-state index in [9.17, 15) is 4.79 Å². The second-order valence-electron chi connectivity index (χ2n) is 4.61. The van der Waals surface area contributed by atoms with E-state index in [0.29, 0.717) is 10.8 Å². The highest BCUT2D eigenvalue weighted by molar-refractivity contribution is 7.15. The molecule has 3 aromatic rings. The predicted molar refractivity (Wildman–Crippen MR) is 89.4 cm³/mol. The second kappa shape index (κ2) is 6.76. The van der Waals surface area contributed by atoms with Gasteiger partial charge in [-0.1, -0.05) is 48.6 Å². The molecule has 2 heterocycles. The zero-order valence-corrected chi connectivity index (χ0v) is 13.6. The highest BCUT2D eigenvalue weighted by Crippen LogP contribution is 2.24. The van der Waals surface area contributed by atoms with E-state index >= 15 is 0 Å². The Balaban J connectivity index is 1.71. The fourth-order valence-electron chi connectivity index (χ4n) is 1.87. The van der Waals surface area contributed by atoms with E-state index in [2.05, 4.69) is 27.4 Å². The van der Waals surface area contributed by atoms with Gasteiger partial charge in [0.05, 0.1) is 0 Å². The van der Waals surface area contributed by atoms with Crippen molar-refractivity contribution in [2.45, 2.75) is 19.8 Å². The Labute approximate surface area is 136 Å². The number of anilines is 1. The lowest BCUT2D eigenvalue weighted by Gasteiger charge is -1.97. The van der Waals surface area contributed by atoms with Crippen LogP contribution in [0.4, 0.5) is 5.13 Å². The summed E-state index contributed by atoms with van der Waals surface area (Å²) in [5.41, 5.74) is 1.41. The number of nitrogens with one attached hydrogen (secondary N) is 1. The SMILES string of the molecule is CCCc1nnc(NC(=O)c2csc(-c3ccccc3)n2)s1. The van der Waals surface area contributed by atoms with Gasteiger partial charge in [-0.05, 0) is 6.42 Å². The summed E-state index contributed by atoms with van der Waals surface area (Å²) in [6, 6.07) is 9.80. The lowest BCUT2D eigenvalue weighted by atomic mass is 10.2. The summed E-state index contributed by atoms with van der Waals surface area (Å²) >= 11 is 2.86. The molecule has 5 nitrogen and oxygen atoms in total. The van der Waals surface area contributed by atoms with E-state index in [1.807, 2.05) is 30.3 Å². The summed E-state index contributed by atoms with van der Waals surface area (Å²) < 4.78 is 0. The summed E-state index contributed by atoms with van der Waals surface area (Å²) in [4.78, 5) is 16.6. The molecule has 0 radical (unpaired) electrons. The van der Waals surface area contributed by atoms with Crippen LogP contribution in [0.2, 0.25) is 0 Å². The third-order valence-electron chi connectivity index (χ3n) is 2.91. The molecule has 0 aliphatic rings. The van der Waals surface area contributed by atoms with E-state index in [4.69, 9.17) is 0 Å². The molecule has 0 fully saturated rings. The molecule has 22 heavy (non-hydrogen) atoms. The fourth-order valence-corrected chi connectivity index (χ4v) is 3.51. The van der Waals surface area contributed by atoms with E-state index < -0.39 is 0 Å². The molecule has 0 saturated heterocycles. The van der Waals surface area contributed by atoms with Crippen molar-refractivity contribution in [1.29, 1.82) is 0 Å². The van der Waals surface area contributed by atoms with Crippen molar-refractivity contribution < 1.29 is 4.79 Å². The third kappa shape index (κ3) is 3.37. The van der Waals surface area contributed by atoms with Crippen molar-refractivity contribution in [3.8, 4) is 10.6 Å². The summed E-state index contributed by atoms with van der Waals surface area (Å²) in [6.45, 7) is 2.08. The Kier molecular flexibility index (Phi) is 4.55. The van der Waals surface area contributed by atoms with Gasteiger partial charge in [-0.2, -0.15) is 0 Å². The summed E-state index contributed by atoms with van der Waals surface area (Å²) in [5, 5.41) is 14.8. The zero-order chi connectivity index (χ0) is 15.4. The molecule has 0 saturated carbocycles. The maximum absolute atomic E-state index is 12.2. The first-order valence-corrected chi connectivity index (χ1v) is 8.60. The average molecular weight is 330 g/mol. The van der Waals surface area contributed by atoms with Crippen LogP contribution in [0.1, 0.15) is 28.8 Å². The molecule has 0 spiro atoms. The molecule has 0 atom stereocenters. The van der Waals surface area contributed by atoms with Gasteiger partial charge >= 0.3 is 0 Å². The average Bonchev–Trinajstić information content (AvgIpc) is 3.18. The Bertz CT molecular complexity index is 767. The number of nitrogens with zero attached hydrogens (tertiary/aromatic N) is 3. The Morgan fingerprint density at radius 1 is 1.23 bits per heavy atom. The monoisotopic (exact) mass is 330 g/mol. The molecular weight excluding hydrogens is 316 g/mol. The largest absolute Gasteiger partial charge is 0.295 e. The number of carbonyl (C=O) groups is 1. The molecule has 2 aromatic heterocycles. The quantitative estimate of drug-likeness (QED) is 0.771. The van der Waals surface area contributed by atoms with Gasteiger partial charge < -0.3 is 0 Å². The molecule has 1 aromatic carbocycles. The van der Waals surface area contributed by atoms with E-state index in [0.717, 1.165) is 28.4 Å². The fraction of sp³-hybridized carbons (Fsp3) is 0.200. The smallest absolute Gasteiger partial charge is 0.276 e. The molecular formula is C15H14N4OS2. The number of aromatic nitrogens is 3. The maximum atomic E-state index is 12.2. The molecule has 0 aliphatic carbocycles. The molecule has 0 aliphatic heterocycles. The van der Waals surface area contributed by atoms with Crippen LogP contribution in [0.3, 0.4) is 0 Å². The van der Waals surface area contributed by atoms with Crippen LogP contribution in [0.5, 0.6) is 0 Å². The number of benzene rings is 1. The Morgan fingerprint density at radius 2 is 2.05 bits per heavy atom. The minimum absolute atomic E-state index is 0.252. The van der Waals surface area contributed by atoms with Crippen molar-refractivity contribution in [1.82, 2.24) is 15.2 Å². The molecule has 1 N–H and O–H groups in total. The van der Waals surface area contributed by atoms with Crippen molar-refractivity contribution >= 4 is 33.7 Å². The minimum Gasteiger partial charge on any atom is -0.295 e. The second-order valence-corrected chi connectivity index (χ2v) is 6.53. The molecule has 3 rings (SSSR count). The van der Waals surface area contributed by atoms with Gasteiger partial charge in [0.25, 0.3) is 5.91 Å². The summed E-state index contributed by atoms with van der Waals surface area (Å²) in [6.07, 6.45) is 1.89. The Hall–Kier alpha value is -2.12. The predicted octanol–water partition coefficient (Wildman–Crippen LogP) is 3.87. The first-order chi connectivity index (χ1) is 10.8.